The summed E-state index contributed by atoms with van der Waals surface area (Å²) in [6.07, 6.45) is -0.921. The predicted octanol–water partition coefficient (Wildman–Crippen LogP) is 3.76. The molecule has 1 fully saturated rings. The Kier molecular flexibility index (Phi) is 4.68. The van der Waals surface area contributed by atoms with Gasteiger partial charge in [0.25, 0.3) is 0 Å². The molecule has 0 spiro atoms. The Balaban J connectivity index is 1.34. The first-order valence-corrected chi connectivity index (χ1v) is 9.33. The van der Waals surface area contributed by atoms with Gasteiger partial charge in [-0.15, -0.1) is 0 Å². The van der Waals surface area contributed by atoms with Gasteiger partial charge in [-0.1, -0.05) is 6.07 Å². The van der Waals surface area contributed by atoms with Crippen LogP contribution in [0.4, 0.5) is 29.3 Å². The summed E-state index contributed by atoms with van der Waals surface area (Å²) in [5.41, 5.74) is 2.28. The van der Waals surface area contributed by atoms with Crippen molar-refractivity contribution in [2.45, 2.75) is 31.5 Å². The maximum atomic E-state index is 12.7. The van der Waals surface area contributed by atoms with E-state index in [0.717, 1.165) is 30.4 Å². The van der Waals surface area contributed by atoms with Gasteiger partial charge in [0.2, 0.25) is 0 Å². The molecule has 150 valence electrons. The van der Waals surface area contributed by atoms with Gasteiger partial charge in [-0.25, -0.2) is 4.79 Å². The van der Waals surface area contributed by atoms with Gasteiger partial charge >= 0.3 is 12.2 Å². The Morgan fingerprint density at radius 3 is 2.61 bits per heavy atom. The topological polar surface area (TPSA) is 53.4 Å². The number of nitrogens with zero attached hydrogens (tertiary/aromatic N) is 4. The van der Waals surface area contributed by atoms with Crippen LogP contribution in [-0.4, -0.2) is 47.4 Å². The number of aromatic nitrogens is 2. The Bertz CT molecular complexity index is 871. The van der Waals surface area contributed by atoms with Gasteiger partial charge in [0.15, 0.2) is 5.69 Å². The summed E-state index contributed by atoms with van der Waals surface area (Å²) in [5, 5.41) is 6.58. The minimum Gasteiger partial charge on any atom is -0.374 e. The molecular weight excluding hydrogens is 371 g/mol. The molecule has 9 heteroatoms. The molecule has 2 aromatic rings. The highest BCUT2D eigenvalue weighted by molar-refractivity contribution is 5.90. The number of hydrogen-bond donors (Lipinski definition) is 1. The molecule has 1 N–H and O–H groups in total. The van der Waals surface area contributed by atoms with Crippen molar-refractivity contribution in [3.05, 3.63) is 41.7 Å². The number of carbonyl (C=O) groups is 1. The fraction of sp³-hybridized carbons (Fsp3) is 0.474. The predicted molar refractivity (Wildman–Crippen MR) is 99.5 cm³/mol. The van der Waals surface area contributed by atoms with Crippen LogP contribution < -0.4 is 10.2 Å². The zero-order valence-electron chi connectivity index (χ0n) is 15.5. The van der Waals surface area contributed by atoms with Gasteiger partial charge in [0.1, 0.15) is 0 Å². The SMILES string of the molecule is CN1CCc2ccc(NC(=O)N3CCC(n4ccc(C(F)(F)F)n4)CC3)cc21. The number of nitrogens with one attached hydrogen (secondary N) is 1. The summed E-state index contributed by atoms with van der Waals surface area (Å²) < 4.78 is 39.5. The average molecular weight is 393 g/mol. The molecule has 1 aromatic heterocycles. The highest BCUT2D eigenvalue weighted by atomic mass is 19.4. The first-order chi connectivity index (χ1) is 13.3. The average Bonchev–Trinajstić information content (AvgIpc) is 3.30. The number of likely N-dealkylation sites (N-methyl/N-ethyl adjacent to an activating group) is 1. The summed E-state index contributed by atoms with van der Waals surface area (Å²) in [7, 11) is 2.03. The highest BCUT2D eigenvalue weighted by Crippen LogP contribution is 2.31. The second-order valence-electron chi connectivity index (χ2n) is 7.34. The highest BCUT2D eigenvalue weighted by Gasteiger charge is 2.34. The number of halogens is 3. The number of carbonyl (C=O) groups excluding carboxylic acids is 1. The molecule has 1 saturated heterocycles. The van der Waals surface area contributed by atoms with Crippen molar-refractivity contribution < 1.29 is 18.0 Å². The summed E-state index contributed by atoms with van der Waals surface area (Å²) in [4.78, 5) is 16.4. The minimum atomic E-state index is -4.43. The summed E-state index contributed by atoms with van der Waals surface area (Å²) in [5.74, 6) is 0. The smallest absolute Gasteiger partial charge is 0.374 e. The van der Waals surface area contributed by atoms with Crippen LogP contribution in [0, 0.1) is 0 Å². The van der Waals surface area contributed by atoms with Crippen LogP contribution in [0.5, 0.6) is 0 Å². The van der Waals surface area contributed by atoms with E-state index in [1.54, 1.807) is 4.90 Å². The minimum absolute atomic E-state index is 0.131. The number of alkyl halides is 3. The van der Waals surface area contributed by atoms with E-state index in [4.69, 9.17) is 0 Å². The first kappa shape index (κ1) is 18.6. The molecule has 0 unspecified atom stereocenters. The fourth-order valence-electron chi connectivity index (χ4n) is 3.85. The third-order valence-electron chi connectivity index (χ3n) is 5.49. The van der Waals surface area contributed by atoms with E-state index in [9.17, 15) is 18.0 Å². The molecule has 0 bridgehead atoms. The van der Waals surface area contributed by atoms with Gasteiger partial charge in [-0.2, -0.15) is 18.3 Å². The number of hydrogen-bond acceptors (Lipinski definition) is 3. The number of urea groups is 1. The maximum absolute atomic E-state index is 12.7. The van der Waals surface area contributed by atoms with Gasteiger partial charge in [0.05, 0.1) is 6.04 Å². The number of piperidine rings is 1. The Morgan fingerprint density at radius 1 is 1.18 bits per heavy atom. The normalized spacial score (nSPS) is 17.7. The van der Waals surface area contributed by atoms with Crippen molar-refractivity contribution in [1.29, 1.82) is 0 Å². The number of anilines is 2. The van der Waals surface area contributed by atoms with Crippen LogP contribution in [-0.2, 0) is 12.6 Å². The third-order valence-corrected chi connectivity index (χ3v) is 5.49. The standard InChI is InChI=1S/C19H22F3N5O/c1-25-8-4-13-2-3-14(12-16(13)25)23-18(28)26-9-5-15(6-10-26)27-11-7-17(24-27)19(20,21)22/h2-3,7,11-12,15H,4-6,8-10H2,1H3,(H,23,28). The zero-order valence-corrected chi connectivity index (χ0v) is 15.5. The van der Waals surface area contributed by atoms with Crippen molar-refractivity contribution in [3.63, 3.8) is 0 Å². The molecule has 28 heavy (non-hydrogen) atoms. The number of benzene rings is 1. The molecule has 3 heterocycles. The van der Waals surface area contributed by atoms with Gasteiger partial charge in [0, 0.05) is 44.3 Å². The molecule has 0 saturated carbocycles. The largest absolute Gasteiger partial charge is 0.435 e. The molecular formula is C19H22F3N5O. The molecule has 2 amide bonds. The lowest BCUT2D eigenvalue weighted by Crippen LogP contribution is -2.41. The molecule has 0 aliphatic carbocycles. The fourth-order valence-corrected chi connectivity index (χ4v) is 3.85. The zero-order chi connectivity index (χ0) is 19.9. The number of fused-ring (bicyclic) bond motifs is 1. The molecule has 2 aliphatic rings. The van der Waals surface area contributed by atoms with Crippen molar-refractivity contribution in [1.82, 2.24) is 14.7 Å². The lowest BCUT2D eigenvalue weighted by Gasteiger charge is -2.32. The van der Waals surface area contributed by atoms with Crippen LogP contribution in [0.1, 0.15) is 30.1 Å². The molecule has 1 aromatic carbocycles. The first-order valence-electron chi connectivity index (χ1n) is 9.33. The van der Waals surface area contributed by atoms with Crippen molar-refractivity contribution >= 4 is 17.4 Å². The van der Waals surface area contributed by atoms with Crippen LogP contribution in [0.25, 0.3) is 0 Å². The van der Waals surface area contributed by atoms with E-state index >= 15 is 0 Å². The van der Waals surface area contributed by atoms with E-state index in [0.29, 0.717) is 25.9 Å². The van der Waals surface area contributed by atoms with Crippen molar-refractivity contribution in [2.24, 2.45) is 0 Å². The Morgan fingerprint density at radius 2 is 1.93 bits per heavy atom. The van der Waals surface area contributed by atoms with Gasteiger partial charge in [-0.05, 0) is 43.0 Å². The Hall–Kier alpha value is -2.71. The molecule has 6 nitrogen and oxygen atoms in total. The van der Waals surface area contributed by atoms with E-state index in [1.165, 1.54) is 16.4 Å². The van der Waals surface area contributed by atoms with Crippen LogP contribution in [0.15, 0.2) is 30.5 Å². The molecule has 0 radical (unpaired) electrons. The Labute approximate surface area is 160 Å². The summed E-state index contributed by atoms with van der Waals surface area (Å²) in [6.45, 7) is 1.93. The lowest BCUT2D eigenvalue weighted by atomic mass is 10.1. The molecule has 2 aliphatic heterocycles. The van der Waals surface area contributed by atoms with E-state index in [1.807, 2.05) is 25.2 Å². The number of amides is 2. The summed E-state index contributed by atoms with van der Waals surface area (Å²) >= 11 is 0. The quantitative estimate of drug-likeness (QED) is 0.845. The second kappa shape index (κ2) is 7.03. The lowest BCUT2D eigenvalue weighted by molar-refractivity contribution is -0.141. The molecule has 4 rings (SSSR count). The van der Waals surface area contributed by atoms with Crippen molar-refractivity contribution in [3.8, 4) is 0 Å². The van der Waals surface area contributed by atoms with Gasteiger partial charge in [-0.3, -0.25) is 4.68 Å². The van der Waals surface area contributed by atoms with Crippen LogP contribution in [0.3, 0.4) is 0 Å². The monoisotopic (exact) mass is 393 g/mol. The number of rotatable bonds is 2. The third kappa shape index (κ3) is 3.65. The van der Waals surface area contributed by atoms with Gasteiger partial charge < -0.3 is 15.1 Å². The second-order valence-corrected chi connectivity index (χ2v) is 7.34. The van der Waals surface area contributed by atoms with E-state index < -0.39 is 11.9 Å². The number of likely N-dealkylation sites (tertiary alicyclic amines) is 1. The van der Waals surface area contributed by atoms with Crippen LogP contribution >= 0.6 is 0 Å². The molecule has 0 atom stereocenters. The van der Waals surface area contributed by atoms with E-state index in [2.05, 4.69) is 15.3 Å². The summed E-state index contributed by atoms with van der Waals surface area (Å²) in [6, 6.07) is 6.60. The van der Waals surface area contributed by atoms with Crippen molar-refractivity contribution in [2.75, 3.05) is 36.9 Å². The maximum Gasteiger partial charge on any atom is 0.435 e. The van der Waals surface area contributed by atoms with E-state index in [-0.39, 0.29) is 12.1 Å². The van der Waals surface area contributed by atoms with Crippen LogP contribution in [0.2, 0.25) is 0 Å².